The minimum atomic E-state index is -0.305. The predicted octanol–water partition coefficient (Wildman–Crippen LogP) is 3.62. The van der Waals surface area contributed by atoms with E-state index in [0.29, 0.717) is 17.7 Å². The molecular weight excluding hydrogens is 375 g/mol. The molecule has 0 fully saturated rings. The van der Waals surface area contributed by atoms with Crippen LogP contribution in [0.5, 0.6) is 0 Å². The van der Waals surface area contributed by atoms with Crippen LogP contribution in [0.25, 0.3) is 0 Å². The van der Waals surface area contributed by atoms with E-state index in [0.717, 1.165) is 4.47 Å². The SMILES string of the molecule is CC(=O)N(CCc1ccccc1F)CC(=O)Nc1ccc(Br)cc1. The molecular formula is C18H18BrFN2O2. The first kappa shape index (κ1) is 18.1. The van der Waals surface area contributed by atoms with E-state index in [-0.39, 0.29) is 30.7 Å². The van der Waals surface area contributed by atoms with Gasteiger partial charge in [-0.3, -0.25) is 9.59 Å². The monoisotopic (exact) mass is 392 g/mol. The molecule has 0 spiro atoms. The van der Waals surface area contributed by atoms with E-state index in [9.17, 15) is 14.0 Å². The van der Waals surface area contributed by atoms with Gasteiger partial charge >= 0.3 is 0 Å². The fraction of sp³-hybridized carbons (Fsp3) is 0.222. The lowest BCUT2D eigenvalue weighted by Crippen LogP contribution is -2.38. The summed E-state index contributed by atoms with van der Waals surface area (Å²) < 4.78 is 14.5. The summed E-state index contributed by atoms with van der Waals surface area (Å²) in [5.41, 5.74) is 1.18. The van der Waals surface area contributed by atoms with Crippen molar-refractivity contribution in [1.82, 2.24) is 4.90 Å². The minimum absolute atomic E-state index is 0.0696. The summed E-state index contributed by atoms with van der Waals surface area (Å²) in [6.07, 6.45) is 0.359. The first-order valence-electron chi connectivity index (χ1n) is 7.50. The molecule has 0 aliphatic rings. The molecule has 0 aliphatic heterocycles. The topological polar surface area (TPSA) is 49.4 Å². The van der Waals surface area contributed by atoms with Crippen molar-refractivity contribution in [2.75, 3.05) is 18.4 Å². The molecule has 24 heavy (non-hydrogen) atoms. The van der Waals surface area contributed by atoms with Crippen molar-refractivity contribution in [3.8, 4) is 0 Å². The molecule has 0 saturated heterocycles. The van der Waals surface area contributed by atoms with Gasteiger partial charge in [0.15, 0.2) is 0 Å². The number of nitrogens with one attached hydrogen (secondary N) is 1. The van der Waals surface area contributed by atoms with Crippen LogP contribution < -0.4 is 5.32 Å². The quantitative estimate of drug-likeness (QED) is 0.815. The van der Waals surface area contributed by atoms with Crippen molar-refractivity contribution in [1.29, 1.82) is 0 Å². The maximum absolute atomic E-state index is 13.6. The highest BCUT2D eigenvalue weighted by atomic mass is 79.9. The van der Waals surface area contributed by atoms with Gasteiger partial charge in [-0.05, 0) is 42.3 Å². The first-order valence-corrected chi connectivity index (χ1v) is 8.29. The maximum atomic E-state index is 13.6. The molecule has 2 amide bonds. The van der Waals surface area contributed by atoms with Gasteiger partial charge in [0, 0.05) is 23.6 Å². The van der Waals surface area contributed by atoms with Crippen LogP contribution in [-0.2, 0) is 16.0 Å². The van der Waals surface area contributed by atoms with Gasteiger partial charge in [0.05, 0.1) is 6.54 Å². The van der Waals surface area contributed by atoms with E-state index >= 15 is 0 Å². The van der Waals surface area contributed by atoms with Gasteiger partial charge in [-0.2, -0.15) is 0 Å². The number of nitrogens with zero attached hydrogens (tertiary/aromatic N) is 1. The Labute approximate surface area is 148 Å². The molecule has 6 heteroatoms. The summed E-state index contributed by atoms with van der Waals surface area (Å²) in [4.78, 5) is 25.2. The highest BCUT2D eigenvalue weighted by Gasteiger charge is 2.14. The van der Waals surface area contributed by atoms with Gasteiger partial charge in [-0.25, -0.2) is 4.39 Å². The first-order chi connectivity index (χ1) is 11.5. The van der Waals surface area contributed by atoms with Crippen LogP contribution >= 0.6 is 15.9 Å². The normalized spacial score (nSPS) is 10.3. The van der Waals surface area contributed by atoms with Crippen LogP contribution in [0.1, 0.15) is 12.5 Å². The molecule has 0 heterocycles. The molecule has 1 N–H and O–H groups in total. The Morgan fingerprint density at radius 3 is 2.42 bits per heavy atom. The Bertz CT molecular complexity index is 719. The summed E-state index contributed by atoms with van der Waals surface area (Å²) >= 11 is 3.32. The number of benzene rings is 2. The summed E-state index contributed by atoms with van der Waals surface area (Å²) in [6, 6.07) is 13.6. The molecule has 0 radical (unpaired) electrons. The molecule has 0 bridgehead atoms. The summed E-state index contributed by atoms with van der Waals surface area (Å²) in [5.74, 6) is -0.821. The lowest BCUT2D eigenvalue weighted by molar-refractivity contribution is -0.132. The molecule has 4 nitrogen and oxygen atoms in total. The Balaban J connectivity index is 1.93. The van der Waals surface area contributed by atoms with E-state index in [1.807, 2.05) is 12.1 Å². The summed E-state index contributed by atoms with van der Waals surface area (Å²) in [7, 11) is 0. The average molecular weight is 393 g/mol. The molecule has 126 valence electrons. The number of amides is 2. The molecule has 2 aromatic rings. The van der Waals surface area contributed by atoms with Gasteiger partial charge in [-0.15, -0.1) is 0 Å². The summed E-state index contributed by atoms with van der Waals surface area (Å²) in [6.45, 7) is 1.61. The molecule has 0 aromatic heterocycles. The van der Waals surface area contributed by atoms with Crippen molar-refractivity contribution in [3.63, 3.8) is 0 Å². The van der Waals surface area contributed by atoms with Crippen molar-refractivity contribution in [2.45, 2.75) is 13.3 Å². The smallest absolute Gasteiger partial charge is 0.243 e. The third-order valence-corrected chi connectivity index (χ3v) is 4.05. The van der Waals surface area contributed by atoms with Crippen LogP contribution in [0.2, 0.25) is 0 Å². The van der Waals surface area contributed by atoms with Gasteiger partial charge in [0.1, 0.15) is 5.82 Å². The van der Waals surface area contributed by atoms with Gasteiger partial charge in [-0.1, -0.05) is 34.1 Å². The third-order valence-electron chi connectivity index (χ3n) is 3.52. The maximum Gasteiger partial charge on any atom is 0.243 e. The second-order valence-corrected chi connectivity index (χ2v) is 6.25. The Morgan fingerprint density at radius 2 is 1.79 bits per heavy atom. The highest BCUT2D eigenvalue weighted by Crippen LogP contribution is 2.14. The van der Waals surface area contributed by atoms with Gasteiger partial charge in [0.25, 0.3) is 0 Å². The number of rotatable bonds is 6. The number of anilines is 1. The Hall–Kier alpha value is -2.21. The number of hydrogen-bond donors (Lipinski definition) is 1. The zero-order valence-corrected chi connectivity index (χ0v) is 14.8. The van der Waals surface area contributed by atoms with Crippen LogP contribution in [0.3, 0.4) is 0 Å². The van der Waals surface area contributed by atoms with Gasteiger partial charge < -0.3 is 10.2 Å². The van der Waals surface area contributed by atoms with Crippen molar-refractivity contribution < 1.29 is 14.0 Å². The fourth-order valence-corrected chi connectivity index (χ4v) is 2.48. The highest BCUT2D eigenvalue weighted by molar-refractivity contribution is 9.10. The zero-order valence-electron chi connectivity index (χ0n) is 13.3. The minimum Gasteiger partial charge on any atom is -0.333 e. The second-order valence-electron chi connectivity index (χ2n) is 5.34. The van der Waals surface area contributed by atoms with Crippen LogP contribution in [0, 0.1) is 5.82 Å². The second kappa shape index (κ2) is 8.59. The van der Waals surface area contributed by atoms with E-state index in [1.165, 1.54) is 17.9 Å². The predicted molar refractivity (Wildman–Crippen MR) is 95.1 cm³/mol. The zero-order chi connectivity index (χ0) is 17.5. The molecule has 0 atom stereocenters. The van der Waals surface area contributed by atoms with E-state index in [4.69, 9.17) is 0 Å². The van der Waals surface area contributed by atoms with Crippen molar-refractivity contribution in [2.24, 2.45) is 0 Å². The molecule has 2 rings (SSSR count). The lowest BCUT2D eigenvalue weighted by Gasteiger charge is -2.20. The van der Waals surface area contributed by atoms with Crippen LogP contribution in [0.15, 0.2) is 53.0 Å². The molecule has 0 saturated carbocycles. The Morgan fingerprint density at radius 1 is 1.12 bits per heavy atom. The number of hydrogen-bond acceptors (Lipinski definition) is 2. The van der Waals surface area contributed by atoms with E-state index in [2.05, 4.69) is 21.2 Å². The van der Waals surface area contributed by atoms with Crippen LogP contribution in [0.4, 0.5) is 10.1 Å². The van der Waals surface area contributed by atoms with Crippen molar-refractivity contribution in [3.05, 3.63) is 64.4 Å². The largest absolute Gasteiger partial charge is 0.333 e. The molecule has 0 unspecified atom stereocenters. The number of carbonyl (C=O) groups excluding carboxylic acids is 2. The average Bonchev–Trinajstić information content (AvgIpc) is 2.54. The number of carbonyl (C=O) groups is 2. The Kier molecular flexibility index (Phi) is 6.49. The lowest BCUT2D eigenvalue weighted by atomic mass is 10.1. The summed E-state index contributed by atoms with van der Waals surface area (Å²) in [5, 5.41) is 2.74. The van der Waals surface area contributed by atoms with E-state index in [1.54, 1.807) is 30.3 Å². The molecule has 0 aliphatic carbocycles. The van der Waals surface area contributed by atoms with Gasteiger partial charge in [0.2, 0.25) is 11.8 Å². The van der Waals surface area contributed by atoms with Crippen molar-refractivity contribution >= 4 is 33.4 Å². The van der Waals surface area contributed by atoms with Crippen LogP contribution in [-0.4, -0.2) is 29.8 Å². The third kappa shape index (κ3) is 5.45. The van der Waals surface area contributed by atoms with E-state index < -0.39 is 0 Å². The molecule has 2 aromatic carbocycles. The standard InChI is InChI=1S/C18H18BrFN2O2/c1-13(23)22(11-10-14-4-2-3-5-17(14)20)12-18(24)21-16-8-6-15(19)7-9-16/h2-9H,10-12H2,1H3,(H,21,24). The number of halogens is 2. The fourth-order valence-electron chi connectivity index (χ4n) is 2.21.